The van der Waals surface area contributed by atoms with Crippen molar-refractivity contribution in [3.05, 3.63) is 16.3 Å². The van der Waals surface area contributed by atoms with Crippen LogP contribution in [0.2, 0.25) is 0 Å². The van der Waals surface area contributed by atoms with Gasteiger partial charge in [0.2, 0.25) is 5.95 Å². The van der Waals surface area contributed by atoms with E-state index in [9.17, 15) is 0 Å². The van der Waals surface area contributed by atoms with Gasteiger partial charge in [0, 0.05) is 30.1 Å². The molecule has 3 N–H and O–H groups in total. The van der Waals surface area contributed by atoms with Crippen molar-refractivity contribution in [2.45, 2.75) is 25.8 Å². The molecule has 2 aromatic rings. The number of nitrogens with one attached hydrogen (secondary N) is 1. The van der Waals surface area contributed by atoms with E-state index in [1.807, 2.05) is 0 Å². The molecule has 3 heterocycles. The first-order chi connectivity index (χ1) is 8.74. The van der Waals surface area contributed by atoms with E-state index in [1.54, 1.807) is 11.3 Å². The molecule has 0 saturated carbocycles. The Hall–Kier alpha value is -1.40. The van der Waals surface area contributed by atoms with Crippen molar-refractivity contribution in [1.82, 2.24) is 15.2 Å². The molecule has 0 atom stereocenters. The highest BCUT2D eigenvalue weighted by molar-refractivity contribution is 7.08. The van der Waals surface area contributed by atoms with Gasteiger partial charge in [-0.1, -0.05) is 0 Å². The predicted molar refractivity (Wildman–Crippen MR) is 73.9 cm³/mol. The predicted octanol–water partition coefficient (Wildman–Crippen LogP) is 1.77. The Bertz CT molecular complexity index is 524. The maximum absolute atomic E-state index is 5.90. The molecule has 0 spiro atoms. The van der Waals surface area contributed by atoms with Crippen LogP contribution in [0.5, 0.6) is 0 Å². The molecule has 0 unspecified atom stereocenters. The van der Waals surface area contributed by atoms with Gasteiger partial charge in [0.1, 0.15) is 0 Å². The van der Waals surface area contributed by atoms with Gasteiger partial charge in [-0.2, -0.15) is 16.3 Å². The normalized spacial score (nSPS) is 17.3. The lowest BCUT2D eigenvalue weighted by atomic mass is 10.1. The van der Waals surface area contributed by atoms with E-state index in [1.165, 1.54) is 5.56 Å². The van der Waals surface area contributed by atoms with E-state index in [2.05, 4.69) is 37.8 Å². The van der Waals surface area contributed by atoms with Crippen molar-refractivity contribution in [3.8, 4) is 11.4 Å². The monoisotopic (exact) mass is 263 g/mol. The second-order valence-corrected chi connectivity index (χ2v) is 5.52. The summed E-state index contributed by atoms with van der Waals surface area (Å²) in [5, 5.41) is 11.6. The topological polar surface area (TPSA) is 70.8 Å². The van der Waals surface area contributed by atoms with E-state index in [4.69, 9.17) is 5.73 Å². The third-order valence-corrected chi connectivity index (χ3v) is 4.27. The van der Waals surface area contributed by atoms with Crippen molar-refractivity contribution >= 4 is 17.3 Å². The fourth-order valence-corrected chi connectivity index (χ4v) is 3.05. The van der Waals surface area contributed by atoms with Crippen LogP contribution in [0, 0.1) is 6.92 Å². The number of H-pyrrole nitrogens is 1. The zero-order valence-electron chi connectivity index (χ0n) is 10.4. The summed E-state index contributed by atoms with van der Waals surface area (Å²) in [5.74, 6) is 1.65. The molecule has 18 heavy (non-hydrogen) atoms. The standard InChI is InChI=1S/C12H17N5S/c1-8-6-18-7-10(8)11-14-12(16-15-11)17-4-2-9(13)3-5-17/h6-7,9H,2-5,13H2,1H3,(H,14,15,16). The van der Waals surface area contributed by atoms with Gasteiger partial charge in [0.15, 0.2) is 5.82 Å². The first kappa shape index (κ1) is 11.7. The Morgan fingerprint density at radius 2 is 2.17 bits per heavy atom. The number of hydrogen-bond acceptors (Lipinski definition) is 5. The quantitative estimate of drug-likeness (QED) is 0.866. The Morgan fingerprint density at radius 1 is 1.39 bits per heavy atom. The van der Waals surface area contributed by atoms with Crippen LogP contribution in [0.25, 0.3) is 11.4 Å². The smallest absolute Gasteiger partial charge is 0.245 e. The zero-order chi connectivity index (χ0) is 12.5. The fraction of sp³-hybridized carbons (Fsp3) is 0.500. The lowest BCUT2D eigenvalue weighted by Crippen LogP contribution is -2.40. The van der Waals surface area contributed by atoms with Crippen LogP contribution in [0.15, 0.2) is 10.8 Å². The van der Waals surface area contributed by atoms with Crippen LogP contribution < -0.4 is 10.6 Å². The summed E-state index contributed by atoms with van der Waals surface area (Å²) in [6, 6.07) is 0.332. The van der Waals surface area contributed by atoms with Gasteiger partial charge in [0.05, 0.1) is 0 Å². The van der Waals surface area contributed by atoms with E-state index < -0.39 is 0 Å². The Balaban J connectivity index is 1.80. The molecule has 3 rings (SSSR count). The minimum atomic E-state index is 0.332. The molecule has 0 aliphatic carbocycles. The second kappa shape index (κ2) is 4.70. The fourth-order valence-electron chi connectivity index (χ4n) is 2.22. The van der Waals surface area contributed by atoms with Crippen molar-refractivity contribution in [3.63, 3.8) is 0 Å². The Morgan fingerprint density at radius 3 is 2.83 bits per heavy atom. The molecule has 6 heteroatoms. The minimum absolute atomic E-state index is 0.332. The number of aromatic nitrogens is 3. The van der Waals surface area contributed by atoms with E-state index in [0.717, 1.165) is 43.3 Å². The summed E-state index contributed by atoms with van der Waals surface area (Å²) in [4.78, 5) is 6.79. The van der Waals surface area contributed by atoms with Crippen molar-refractivity contribution in [1.29, 1.82) is 0 Å². The largest absolute Gasteiger partial charge is 0.339 e. The molecule has 0 aromatic carbocycles. The molecule has 5 nitrogen and oxygen atoms in total. The van der Waals surface area contributed by atoms with Crippen LogP contribution in [-0.2, 0) is 0 Å². The summed E-state index contributed by atoms with van der Waals surface area (Å²) in [6.07, 6.45) is 2.03. The number of aromatic amines is 1. The zero-order valence-corrected chi connectivity index (χ0v) is 11.2. The Labute approximate surface area is 110 Å². The van der Waals surface area contributed by atoms with Gasteiger partial charge in [-0.25, -0.2) is 0 Å². The van der Waals surface area contributed by atoms with Crippen LogP contribution in [-0.4, -0.2) is 34.3 Å². The van der Waals surface area contributed by atoms with Crippen molar-refractivity contribution in [2.75, 3.05) is 18.0 Å². The number of anilines is 1. The molecule has 96 valence electrons. The first-order valence-electron chi connectivity index (χ1n) is 6.20. The molecule has 2 aromatic heterocycles. The highest BCUT2D eigenvalue weighted by atomic mass is 32.1. The Kier molecular flexibility index (Phi) is 3.05. The van der Waals surface area contributed by atoms with E-state index >= 15 is 0 Å². The second-order valence-electron chi connectivity index (χ2n) is 4.78. The summed E-state index contributed by atoms with van der Waals surface area (Å²) in [7, 11) is 0. The van der Waals surface area contributed by atoms with E-state index in [-0.39, 0.29) is 0 Å². The molecule has 1 fully saturated rings. The van der Waals surface area contributed by atoms with Crippen molar-refractivity contribution in [2.24, 2.45) is 5.73 Å². The van der Waals surface area contributed by atoms with Crippen LogP contribution in [0.4, 0.5) is 5.95 Å². The van der Waals surface area contributed by atoms with E-state index in [0.29, 0.717) is 6.04 Å². The number of thiophene rings is 1. The average molecular weight is 263 g/mol. The minimum Gasteiger partial charge on any atom is -0.339 e. The summed E-state index contributed by atoms with van der Waals surface area (Å²) in [5.41, 5.74) is 8.29. The molecule has 0 radical (unpaired) electrons. The van der Waals surface area contributed by atoms with Crippen LogP contribution in [0.3, 0.4) is 0 Å². The molecule has 1 aliphatic rings. The van der Waals surface area contributed by atoms with Gasteiger partial charge in [0.25, 0.3) is 0 Å². The van der Waals surface area contributed by atoms with Gasteiger partial charge in [-0.05, 0) is 30.7 Å². The van der Waals surface area contributed by atoms with Gasteiger partial charge in [-0.15, -0.1) is 5.10 Å². The molecular weight excluding hydrogens is 246 g/mol. The van der Waals surface area contributed by atoms with Crippen LogP contribution >= 0.6 is 11.3 Å². The number of nitrogens with zero attached hydrogens (tertiary/aromatic N) is 3. The lowest BCUT2D eigenvalue weighted by molar-refractivity contribution is 0.496. The highest BCUT2D eigenvalue weighted by Gasteiger charge is 2.20. The molecule has 1 aliphatic heterocycles. The molecule has 1 saturated heterocycles. The number of aryl methyl sites for hydroxylation is 1. The lowest BCUT2D eigenvalue weighted by Gasteiger charge is -2.28. The summed E-state index contributed by atoms with van der Waals surface area (Å²) in [6.45, 7) is 3.98. The summed E-state index contributed by atoms with van der Waals surface area (Å²) < 4.78 is 0. The average Bonchev–Trinajstić information content (AvgIpc) is 2.98. The maximum Gasteiger partial charge on any atom is 0.245 e. The number of hydrogen-bond donors (Lipinski definition) is 2. The third-order valence-electron chi connectivity index (χ3n) is 3.41. The number of piperidine rings is 1. The third kappa shape index (κ3) is 2.13. The number of nitrogens with two attached hydrogens (primary N) is 1. The van der Waals surface area contributed by atoms with Gasteiger partial charge >= 0.3 is 0 Å². The summed E-state index contributed by atoms with van der Waals surface area (Å²) >= 11 is 1.69. The molecule has 0 amide bonds. The van der Waals surface area contributed by atoms with Crippen molar-refractivity contribution < 1.29 is 0 Å². The SMILES string of the molecule is Cc1cscc1-c1nc(N2CCC(N)CC2)n[nH]1. The molecular formula is C12H17N5S. The van der Waals surface area contributed by atoms with Gasteiger partial charge in [-0.3, -0.25) is 5.10 Å². The molecule has 0 bridgehead atoms. The highest BCUT2D eigenvalue weighted by Crippen LogP contribution is 2.25. The van der Waals surface area contributed by atoms with Gasteiger partial charge < -0.3 is 10.6 Å². The van der Waals surface area contributed by atoms with Crippen LogP contribution in [0.1, 0.15) is 18.4 Å². The number of rotatable bonds is 2. The maximum atomic E-state index is 5.90. The first-order valence-corrected chi connectivity index (χ1v) is 7.14.